The Balaban J connectivity index is 0.00000264. The molecule has 1 N–H and O–H groups in total. The number of hydrogen-bond donors (Lipinski definition) is 1. The van der Waals surface area contributed by atoms with Gasteiger partial charge in [-0.3, -0.25) is 9.67 Å². The van der Waals surface area contributed by atoms with Gasteiger partial charge in [0.2, 0.25) is 0 Å². The quantitative estimate of drug-likeness (QED) is 0.422. The standard InChI is InChI=1S/C16H29N5O.HI/c1-4-17-16(18-9-6-14-12-19-20(3)13-14)21-10-7-15(8-11-21)22-5-2;/h12-13,15H,4-11H2,1-3H3,(H,17,18);1H. The summed E-state index contributed by atoms with van der Waals surface area (Å²) in [4.78, 5) is 7.12. The summed E-state index contributed by atoms with van der Waals surface area (Å²) in [5.74, 6) is 1.03. The van der Waals surface area contributed by atoms with Crippen LogP contribution in [0.15, 0.2) is 17.4 Å². The molecule has 0 atom stereocenters. The second kappa shape index (κ2) is 10.9. The van der Waals surface area contributed by atoms with E-state index in [-0.39, 0.29) is 24.0 Å². The topological polar surface area (TPSA) is 54.7 Å². The summed E-state index contributed by atoms with van der Waals surface area (Å²) >= 11 is 0. The summed E-state index contributed by atoms with van der Waals surface area (Å²) in [5, 5.41) is 7.60. The van der Waals surface area contributed by atoms with Crippen molar-refractivity contribution in [3.05, 3.63) is 18.0 Å². The van der Waals surface area contributed by atoms with E-state index in [1.807, 2.05) is 17.9 Å². The third-order valence-electron chi connectivity index (χ3n) is 3.90. The van der Waals surface area contributed by atoms with E-state index in [2.05, 4.69) is 35.4 Å². The molecular formula is C16H30IN5O. The molecule has 1 aromatic rings. The van der Waals surface area contributed by atoms with Crippen molar-refractivity contribution in [2.45, 2.75) is 39.2 Å². The van der Waals surface area contributed by atoms with E-state index < -0.39 is 0 Å². The van der Waals surface area contributed by atoms with E-state index in [9.17, 15) is 0 Å². The Morgan fingerprint density at radius 2 is 2.13 bits per heavy atom. The van der Waals surface area contributed by atoms with Gasteiger partial charge in [0, 0.05) is 46.0 Å². The maximum absolute atomic E-state index is 5.72. The lowest BCUT2D eigenvalue weighted by atomic mass is 10.1. The highest BCUT2D eigenvalue weighted by molar-refractivity contribution is 14.0. The molecule has 0 aromatic carbocycles. The number of aryl methyl sites for hydroxylation is 1. The number of guanidine groups is 1. The third kappa shape index (κ3) is 6.66. The highest BCUT2D eigenvalue weighted by Crippen LogP contribution is 2.13. The molecule has 1 aliphatic heterocycles. The van der Waals surface area contributed by atoms with Crippen LogP contribution in [0, 0.1) is 0 Å². The number of piperidine rings is 1. The van der Waals surface area contributed by atoms with E-state index in [0.717, 1.165) is 58.0 Å². The largest absolute Gasteiger partial charge is 0.378 e. The van der Waals surface area contributed by atoms with Crippen molar-refractivity contribution in [2.75, 3.05) is 32.8 Å². The van der Waals surface area contributed by atoms with Crippen LogP contribution in [0.1, 0.15) is 32.3 Å². The zero-order chi connectivity index (χ0) is 15.8. The minimum absolute atomic E-state index is 0. The normalized spacial score (nSPS) is 16.3. The number of nitrogens with zero attached hydrogens (tertiary/aromatic N) is 4. The van der Waals surface area contributed by atoms with Gasteiger partial charge < -0.3 is 15.0 Å². The number of aliphatic imine (C=N–C) groups is 1. The molecule has 23 heavy (non-hydrogen) atoms. The van der Waals surface area contributed by atoms with Gasteiger partial charge in [-0.15, -0.1) is 24.0 Å². The van der Waals surface area contributed by atoms with E-state index in [0.29, 0.717) is 6.10 Å². The van der Waals surface area contributed by atoms with Gasteiger partial charge in [-0.2, -0.15) is 5.10 Å². The Kier molecular flexibility index (Phi) is 9.54. The first-order chi connectivity index (χ1) is 10.7. The summed E-state index contributed by atoms with van der Waals surface area (Å²) in [6.07, 6.45) is 7.48. The fourth-order valence-corrected chi connectivity index (χ4v) is 2.79. The Morgan fingerprint density at radius 3 is 2.70 bits per heavy atom. The molecule has 0 radical (unpaired) electrons. The van der Waals surface area contributed by atoms with Gasteiger partial charge in [0.15, 0.2) is 5.96 Å². The maximum atomic E-state index is 5.72. The fourth-order valence-electron chi connectivity index (χ4n) is 2.79. The molecule has 0 aliphatic carbocycles. The van der Waals surface area contributed by atoms with Gasteiger partial charge in [-0.1, -0.05) is 0 Å². The highest BCUT2D eigenvalue weighted by atomic mass is 127. The van der Waals surface area contributed by atoms with Crippen LogP contribution in [-0.4, -0.2) is 59.5 Å². The monoisotopic (exact) mass is 435 g/mol. The Hall–Kier alpha value is -0.830. The number of nitrogens with one attached hydrogen (secondary N) is 1. The number of aromatic nitrogens is 2. The van der Waals surface area contributed by atoms with Gasteiger partial charge >= 0.3 is 0 Å². The van der Waals surface area contributed by atoms with Gasteiger partial charge in [-0.25, -0.2) is 0 Å². The lowest BCUT2D eigenvalue weighted by Crippen LogP contribution is -2.47. The van der Waals surface area contributed by atoms with Gasteiger partial charge in [0.25, 0.3) is 0 Å². The van der Waals surface area contributed by atoms with E-state index in [4.69, 9.17) is 9.73 Å². The Labute approximate surface area is 156 Å². The molecule has 0 spiro atoms. The Morgan fingerprint density at radius 1 is 1.39 bits per heavy atom. The van der Waals surface area contributed by atoms with Crippen molar-refractivity contribution in [3.63, 3.8) is 0 Å². The molecule has 1 saturated heterocycles. The number of hydrogen-bond acceptors (Lipinski definition) is 3. The zero-order valence-electron chi connectivity index (χ0n) is 14.5. The van der Waals surface area contributed by atoms with Crippen molar-refractivity contribution in [1.29, 1.82) is 0 Å². The lowest BCUT2D eigenvalue weighted by Gasteiger charge is -2.34. The summed E-state index contributed by atoms with van der Waals surface area (Å²) in [6, 6.07) is 0. The first kappa shape index (κ1) is 20.2. The Bertz CT molecular complexity index is 469. The minimum Gasteiger partial charge on any atom is -0.378 e. The molecule has 2 heterocycles. The molecular weight excluding hydrogens is 405 g/mol. The molecule has 7 heteroatoms. The van der Waals surface area contributed by atoms with Gasteiger partial charge in [-0.05, 0) is 38.7 Å². The van der Waals surface area contributed by atoms with E-state index in [1.54, 1.807) is 0 Å². The predicted octanol–water partition coefficient (Wildman–Crippen LogP) is 2.05. The van der Waals surface area contributed by atoms with Gasteiger partial charge in [0.1, 0.15) is 0 Å². The first-order valence-electron chi connectivity index (χ1n) is 8.35. The number of rotatable bonds is 6. The summed E-state index contributed by atoms with van der Waals surface area (Å²) in [7, 11) is 1.94. The molecule has 1 aromatic heterocycles. The second-order valence-electron chi connectivity index (χ2n) is 5.65. The van der Waals surface area contributed by atoms with E-state index >= 15 is 0 Å². The van der Waals surface area contributed by atoms with Crippen molar-refractivity contribution >= 4 is 29.9 Å². The third-order valence-corrected chi connectivity index (χ3v) is 3.90. The summed E-state index contributed by atoms with van der Waals surface area (Å²) in [5.41, 5.74) is 1.23. The number of ether oxygens (including phenoxy) is 1. The van der Waals surface area contributed by atoms with E-state index in [1.165, 1.54) is 5.56 Å². The van der Waals surface area contributed by atoms with Crippen LogP contribution in [-0.2, 0) is 18.2 Å². The first-order valence-corrected chi connectivity index (χ1v) is 8.35. The predicted molar refractivity (Wildman–Crippen MR) is 105 cm³/mol. The van der Waals surface area contributed by atoms with Crippen LogP contribution in [0.2, 0.25) is 0 Å². The molecule has 0 amide bonds. The minimum atomic E-state index is 0. The average Bonchev–Trinajstić information content (AvgIpc) is 2.93. The smallest absolute Gasteiger partial charge is 0.193 e. The summed E-state index contributed by atoms with van der Waals surface area (Å²) in [6.45, 7) is 8.72. The molecule has 0 saturated carbocycles. The van der Waals surface area contributed by atoms with Crippen LogP contribution in [0.5, 0.6) is 0 Å². The van der Waals surface area contributed by atoms with Gasteiger partial charge in [0.05, 0.1) is 12.3 Å². The molecule has 0 bridgehead atoms. The molecule has 2 rings (SSSR count). The SMILES string of the molecule is CCNC(=NCCc1cnn(C)c1)N1CCC(OCC)CC1.I. The average molecular weight is 435 g/mol. The lowest BCUT2D eigenvalue weighted by molar-refractivity contribution is 0.0264. The zero-order valence-corrected chi connectivity index (χ0v) is 16.8. The molecule has 1 fully saturated rings. The molecule has 132 valence electrons. The molecule has 6 nitrogen and oxygen atoms in total. The number of likely N-dealkylation sites (tertiary alicyclic amines) is 1. The van der Waals surface area contributed by atoms with Crippen molar-refractivity contribution in [3.8, 4) is 0 Å². The highest BCUT2D eigenvalue weighted by Gasteiger charge is 2.21. The van der Waals surface area contributed by atoms with Crippen LogP contribution >= 0.6 is 24.0 Å². The number of halogens is 1. The molecule has 1 aliphatic rings. The molecule has 0 unspecified atom stereocenters. The summed E-state index contributed by atoms with van der Waals surface area (Å²) < 4.78 is 7.55. The van der Waals surface area contributed by atoms with Crippen LogP contribution < -0.4 is 5.32 Å². The van der Waals surface area contributed by atoms with Crippen LogP contribution in [0.25, 0.3) is 0 Å². The maximum Gasteiger partial charge on any atom is 0.193 e. The second-order valence-corrected chi connectivity index (χ2v) is 5.65. The van der Waals surface area contributed by atoms with Crippen LogP contribution in [0.4, 0.5) is 0 Å². The van der Waals surface area contributed by atoms with Crippen molar-refractivity contribution < 1.29 is 4.74 Å². The fraction of sp³-hybridized carbons (Fsp3) is 0.750. The van der Waals surface area contributed by atoms with Crippen molar-refractivity contribution in [1.82, 2.24) is 20.0 Å². The van der Waals surface area contributed by atoms with Crippen LogP contribution in [0.3, 0.4) is 0 Å². The van der Waals surface area contributed by atoms with Crippen molar-refractivity contribution in [2.24, 2.45) is 12.0 Å².